The van der Waals surface area contributed by atoms with Crippen molar-refractivity contribution in [1.29, 1.82) is 0 Å². The van der Waals surface area contributed by atoms with Crippen molar-refractivity contribution >= 4 is 5.84 Å². The lowest BCUT2D eigenvalue weighted by molar-refractivity contribution is 0.433. The van der Waals surface area contributed by atoms with Crippen molar-refractivity contribution < 1.29 is 0 Å². The van der Waals surface area contributed by atoms with E-state index < -0.39 is 0 Å². The Hall–Kier alpha value is -0.530. The Morgan fingerprint density at radius 3 is 2.41 bits per heavy atom. The van der Waals surface area contributed by atoms with Crippen LogP contribution in [-0.4, -0.2) is 11.9 Å². The van der Waals surface area contributed by atoms with Gasteiger partial charge in [-0.05, 0) is 38.0 Å². The molecule has 2 heteroatoms. The molecule has 2 rings (SSSR count). The van der Waals surface area contributed by atoms with Crippen molar-refractivity contribution in [2.75, 3.05) is 0 Å². The Bertz CT molecular complexity index is 254. The lowest BCUT2D eigenvalue weighted by atomic mass is 9.88. The van der Waals surface area contributed by atoms with Gasteiger partial charge in [-0.1, -0.05) is 39.0 Å². The van der Waals surface area contributed by atoms with Crippen LogP contribution < -0.4 is 5.73 Å². The van der Waals surface area contributed by atoms with Gasteiger partial charge in [0.2, 0.25) is 0 Å². The van der Waals surface area contributed by atoms with Crippen LogP contribution in [0.1, 0.15) is 71.1 Å². The molecule has 0 aliphatic heterocycles. The maximum atomic E-state index is 6.21. The van der Waals surface area contributed by atoms with Crippen molar-refractivity contribution in [3.63, 3.8) is 0 Å². The summed E-state index contributed by atoms with van der Waals surface area (Å²) >= 11 is 0. The fourth-order valence-electron chi connectivity index (χ4n) is 3.31. The first-order valence-corrected chi connectivity index (χ1v) is 7.59. The van der Waals surface area contributed by atoms with E-state index in [2.05, 4.69) is 6.92 Å². The summed E-state index contributed by atoms with van der Waals surface area (Å²) in [5.74, 6) is 2.47. The maximum Gasteiger partial charge on any atom is 0.0971 e. The molecule has 17 heavy (non-hydrogen) atoms. The molecule has 0 aromatic carbocycles. The third-order valence-corrected chi connectivity index (χ3v) is 4.58. The SMILES string of the molecule is CC1CCCC(N=C(N)C2CCCCC2)CC1. The molecule has 2 aliphatic carbocycles. The molecule has 2 unspecified atom stereocenters. The van der Waals surface area contributed by atoms with Crippen LogP contribution in [0.2, 0.25) is 0 Å². The zero-order valence-electron chi connectivity index (χ0n) is 11.3. The summed E-state index contributed by atoms with van der Waals surface area (Å²) in [6, 6.07) is 0.530. The topological polar surface area (TPSA) is 38.4 Å². The Kier molecular flexibility index (Phi) is 4.87. The van der Waals surface area contributed by atoms with E-state index in [0.717, 1.165) is 11.8 Å². The Morgan fingerprint density at radius 2 is 1.65 bits per heavy atom. The molecule has 0 aromatic rings. The first kappa shape index (κ1) is 12.9. The molecule has 98 valence electrons. The van der Waals surface area contributed by atoms with Crippen LogP contribution in [0, 0.1) is 11.8 Å². The second-order valence-electron chi connectivity index (χ2n) is 6.16. The van der Waals surface area contributed by atoms with Crippen LogP contribution in [0.5, 0.6) is 0 Å². The highest BCUT2D eigenvalue weighted by Crippen LogP contribution is 2.27. The Balaban J connectivity index is 1.88. The van der Waals surface area contributed by atoms with E-state index in [1.165, 1.54) is 64.2 Å². The monoisotopic (exact) mass is 236 g/mol. The van der Waals surface area contributed by atoms with Crippen LogP contribution in [0.3, 0.4) is 0 Å². The summed E-state index contributed by atoms with van der Waals surface area (Å²) in [4.78, 5) is 4.85. The number of rotatable bonds is 2. The summed E-state index contributed by atoms with van der Waals surface area (Å²) in [6.45, 7) is 2.37. The van der Waals surface area contributed by atoms with Crippen LogP contribution in [0.15, 0.2) is 4.99 Å². The van der Waals surface area contributed by atoms with Gasteiger partial charge in [-0.15, -0.1) is 0 Å². The molecule has 2 N–H and O–H groups in total. The highest BCUT2D eigenvalue weighted by molar-refractivity contribution is 5.83. The standard InChI is InChI=1S/C15H28N2/c1-12-6-5-9-14(11-10-12)17-15(16)13-7-3-2-4-8-13/h12-14H,2-11H2,1H3,(H2,16,17). The van der Waals surface area contributed by atoms with Crippen LogP contribution >= 0.6 is 0 Å². The molecule has 0 amide bonds. The predicted molar refractivity (Wildman–Crippen MR) is 74.2 cm³/mol. The molecule has 2 aliphatic rings. The minimum absolute atomic E-state index is 0.530. The second kappa shape index (κ2) is 6.42. The molecule has 0 spiro atoms. The lowest BCUT2D eigenvalue weighted by Gasteiger charge is -2.22. The summed E-state index contributed by atoms with van der Waals surface area (Å²) in [7, 11) is 0. The molecule has 2 fully saturated rings. The van der Waals surface area contributed by atoms with E-state index in [0.29, 0.717) is 12.0 Å². The normalized spacial score (nSPS) is 33.4. The van der Waals surface area contributed by atoms with Crippen molar-refractivity contribution in [1.82, 2.24) is 0 Å². The Labute approximate surface area is 106 Å². The predicted octanol–water partition coefficient (Wildman–Crippen LogP) is 3.89. The molecule has 2 atom stereocenters. The fourth-order valence-corrected chi connectivity index (χ4v) is 3.31. The fraction of sp³-hybridized carbons (Fsp3) is 0.933. The zero-order valence-corrected chi connectivity index (χ0v) is 11.3. The van der Waals surface area contributed by atoms with E-state index in [-0.39, 0.29) is 0 Å². The Morgan fingerprint density at radius 1 is 0.882 bits per heavy atom. The first-order valence-electron chi connectivity index (χ1n) is 7.59. The van der Waals surface area contributed by atoms with Gasteiger partial charge in [0.25, 0.3) is 0 Å². The molecule has 0 bridgehead atoms. The van der Waals surface area contributed by atoms with Gasteiger partial charge in [-0.3, -0.25) is 4.99 Å². The molecular formula is C15H28N2. The number of nitrogens with two attached hydrogens (primary N) is 1. The minimum atomic E-state index is 0.530. The first-order chi connectivity index (χ1) is 8.25. The number of aliphatic imine (C=N–C) groups is 1. The molecule has 0 radical (unpaired) electrons. The molecule has 2 saturated carbocycles. The summed E-state index contributed by atoms with van der Waals surface area (Å²) < 4.78 is 0. The average molecular weight is 236 g/mol. The van der Waals surface area contributed by atoms with Crippen molar-refractivity contribution in [2.45, 2.75) is 77.2 Å². The highest BCUT2D eigenvalue weighted by atomic mass is 14.9. The largest absolute Gasteiger partial charge is 0.387 e. The van der Waals surface area contributed by atoms with Gasteiger partial charge in [-0.25, -0.2) is 0 Å². The van der Waals surface area contributed by atoms with E-state index >= 15 is 0 Å². The summed E-state index contributed by atoms with van der Waals surface area (Å²) in [5.41, 5.74) is 6.21. The third-order valence-electron chi connectivity index (χ3n) is 4.58. The molecular weight excluding hydrogens is 208 g/mol. The average Bonchev–Trinajstić information content (AvgIpc) is 2.56. The van der Waals surface area contributed by atoms with Gasteiger partial charge >= 0.3 is 0 Å². The van der Waals surface area contributed by atoms with Crippen LogP contribution in [0.25, 0.3) is 0 Å². The smallest absolute Gasteiger partial charge is 0.0971 e. The third kappa shape index (κ3) is 4.01. The van der Waals surface area contributed by atoms with Gasteiger partial charge in [0, 0.05) is 5.92 Å². The summed E-state index contributed by atoms with van der Waals surface area (Å²) in [5, 5.41) is 0. The molecule has 0 heterocycles. The van der Waals surface area contributed by atoms with Crippen molar-refractivity contribution in [2.24, 2.45) is 22.6 Å². The van der Waals surface area contributed by atoms with Crippen molar-refractivity contribution in [3.8, 4) is 0 Å². The zero-order chi connectivity index (χ0) is 12.1. The van der Waals surface area contributed by atoms with Gasteiger partial charge in [0.15, 0.2) is 0 Å². The van der Waals surface area contributed by atoms with E-state index in [4.69, 9.17) is 10.7 Å². The number of hydrogen-bond acceptors (Lipinski definition) is 1. The second-order valence-corrected chi connectivity index (χ2v) is 6.16. The van der Waals surface area contributed by atoms with E-state index in [1.54, 1.807) is 0 Å². The van der Waals surface area contributed by atoms with Crippen molar-refractivity contribution in [3.05, 3.63) is 0 Å². The van der Waals surface area contributed by atoms with Gasteiger partial charge < -0.3 is 5.73 Å². The molecule has 0 saturated heterocycles. The minimum Gasteiger partial charge on any atom is -0.387 e. The van der Waals surface area contributed by atoms with Gasteiger partial charge in [0.05, 0.1) is 11.9 Å². The molecule has 2 nitrogen and oxygen atoms in total. The van der Waals surface area contributed by atoms with E-state index in [9.17, 15) is 0 Å². The molecule has 0 aromatic heterocycles. The number of hydrogen-bond donors (Lipinski definition) is 1. The maximum absolute atomic E-state index is 6.21. The number of nitrogens with zero attached hydrogens (tertiary/aromatic N) is 1. The highest BCUT2D eigenvalue weighted by Gasteiger charge is 2.20. The quantitative estimate of drug-likeness (QED) is 0.441. The summed E-state index contributed by atoms with van der Waals surface area (Å²) in [6.07, 6.45) is 13.2. The van der Waals surface area contributed by atoms with E-state index in [1.807, 2.05) is 0 Å². The lowest BCUT2D eigenvalue weighted by Crippen LogP contribution is -2.27. The van der Waals surface area contributed by atoms with Crippen LogP contribution in [-0.2, 0) is 0 Å². The van der Waals surface area contributed by atoms with Gasteiger partial charge in [0.1, 0.15) is 0 Å². The van der Waals surface area contributed by atoms with Gasteiger partial charge in [-0.2, -0.15) is 0 Å². The number of amidine groups is 1. The van der Waals surface area contributed by atoms with Crippen LogP contribution in [0.4, 0.5) is 0 Å².